The Hall–Kier alpha value is -1.64. The lowest BCUT2D eigenvalue weighted by Gasteiger charge is -2.30. The van der Waals surface area contributed by atoms with E-state index in [0.29, 0.717) is 6.54 Å². The van der Waals surface area contributed by atoms with Crippen molar-refractivity contribution >= 4 is 12.2 Å². The first-order chi connectivity index (χ1) is 8.22. The molecular weight excluding hydrogens is 214 g/mol. The van der Waals surface area contributed by atoms with E-state index < -0.39 is 0 Å². The van der Waals surface area contributed by atoms with Crippen LogP contribution in [-0.4, -0.2) is 30.2 Å². The summed E-state index contributed by atoms with van der Waals surface area (Å²) in [6.07, 6.45) is 2.79. The smallest absolute Gasteiger partial charge is 0.254 e. The zero-order valence-electron chi connectivity index (χ0n) is 10.1. The number of carbonyl (C=O) groups is 2. The molecule has 0 radical (unpaired) electrons. The van der Waals surface area contributed by atoms with E-state index in [9.17, 15) is 9.59 Å². The lowest BCUT2D eigenvalue weighted by molar-refractivity contribution is -0.112. The van der Waals surface area contributed by atoms with Crippen LogP contribution < -0.4 is 0 Å². The van der Waals surface area contributed by atoms with Crippen LogP contribution >= 0.6 is 0 Å². The molecule has 90 valence electrons. The summed E-state index contributed by atoms with van der Waals surface area (Å²) in [6, 6.07) is 7.59. The van der Waals surface area contributed by atoms with Crippen LogP contribution in [0.3, 0.4) is 0 Å². The summed E-state index contributed by atoms with van der Waals surface area (Å²) in [7, 11) is 0. The summed E-state index contributed by atoms with van der Waals surface area (Å²) in [5, 5.41) is 0. The van der Waals surface area contributed by atoms with Gasteiger partial charge in [-0.1, -0.05) is 18.2 Å². The maximum absolute atomic E-state index is 12.3. The fraction of sp³-hybridized carbons (Fsp3) is 0.429. The first kappa shape index (κ1) is 11.8. The number of piperidine rings is 1. The van der Waals surface area contributed by atoms with E-state index in [1.807, 2.05) is 31.2 Å². The molecule has 0 aliphatic carbocycles. The molecule has 1 atom stereocenters. The Morgan fingerprint density at radius 3 is 2.88 bits per heavy atom. The molecule has 3 nitrogen and oxygen atoms in total. The maximum atomic E-state index is 12.3. The summed E-state index contributed by atoms with van der Waals surface area (Å²) in [6.45, 7) is 3.27. The third-order valence-corrected chi connectivity index (χ3v) is 3.31. The Morgan fingerprint density at radius 1 is 1.41 bits per heavy atom. The van der Waals surface area contributed by atoms with Crippen LogP contribution in [0.25, 0.3) is 0 Å². The first-order valence-corrected chi connectivity index (χ1v) is 6.02. The molecule has 2 rings (SSSR count). The van der Waals surface area contributed by atoms with Crippen molar-refractivity contribution in [2.24, 2.45) is 5.92 Å². The highest BCUT2D eigenvalue weighted by atomic mass is 16.2. The molecule has 1 saturated heterocycles. The second-order valence-corrected chi connectivity index (χ2v) is 4.60. The number of aldehydes is 1. The zero-order chi connectivity index (χ0) is 12.3. The largest absolute Gasteiger partial charge is 0.338 e. The molecule has 1 heterocycles. The van der Waals surface area contributed by atoms with Crippen LogP contribution in [0, 0.1) is 12.8 Å². The lowest BCUT2D eigenvalue weighted by Crippen LogP contribution is -2.40. The van der Waals surface area contributed by atoms with E-state index >= 15 is 0 Å². The molecule has 0 aromatic heterocycles. The second-order valence-electron chi connectivity index (χ2n) is 4.60. The Kier molecular flexibility index (Phi) is 3.57. The Labute approximate surface area is 101 Å². The van der Waals surface area contributed by atoms with Crippen molar-refractivity contribution in [1.29, 1.82) is 0 Å². The minimum Gasteiger partial charge on any atom is -0.338 e. The van der Waals surface area contributed by atoms with Gasteiger partial charge in [-0.2, -0.15) is 0 Å². The van der Waals surface area contributed by atoms with Crippen molar-refractivity contribution in [3.8, 4) is 0 Å². The minimum absolute atomic E-state index is 0.0109. The predicted molar refractivity (Wildman–Crippen MR) is 65.9 cm³/mol. The lowest BCUT2D eigenvalue weighted by atomic mass is 9.98. The molecule has 0 spiro atoms. The van der Waals surface area contributed by atoms with Crippen LogP contribution in [0.5, 0.6) is 0 Å². The van der Waals surface area contributed by atoms with Crippen LogP contribution in [0.1, 0.15) is 28.8 Å². The average molecular weight is 231 g/mol. The molecule has 3 heteroatoms. The molecule has 1 aliphatic rings. The van der Waals surface area contributed by atoms with E-state index in [2.05, 4.69) is 0 Å². The summed E-state index contributed by atoms with van der Waals surface area (Å²) in [5.74, 6) is 0.0615. The number of aryl methyl sites for hydroxylation is 1. The highest BCUT2D eigenvalue weighted by Crippen LogP contribution is 2.18. The number of amides is 1. The monoisotopic (exact) mass is 231 g/mol. The van der Waals surface area contributed by atoms with Gasteiger partial charge < -0.3 is 9.69 Å². The van der Waals surface area contributed by atoms with Crippen molar-refractivity contribution in [2.75, 3.05) is 13.1 Å². The molecule has 0 saturated carbocycles. The van der Waals surface area contributed by atoms with Gasteiger partial charge in [0.15, 0.2) is 0 Å². The molecule has 17 heavy (non-hydrogen) atoms. The van der Waals surface area contributed by atoms with Gasteiger partial charge in [0.1, 0.15) is 6.29 Å². The Morgan fingerprint density at radius 2 is 2.18 bits per heavy atom. The topological polar surface area (TPSA) is 37.4 Å². The van der Waals surface area contributed by atoms with Crippen molar-refractivity contribution < 1.29 is 9.59 Å². The quantitative estimate of drug-likeness (QED) is 0.730. The van der Waals surface area contributed by atoms with Gasteiger partial charge in [0.05, 0.1) is 0 Å². The summed E-state index contributed by atoms with van der Waals surface area (Å²) >= 11 is 0. The van der Waals surface area contributed by atoms with Gasteiger partial charge in [0, 0.05) is 24.6 Å². The highest BCUT2D eigenvalue weighted by molar-refractivity contribution is 5.95. The van der Waals surface area contributed by atoms with E-state index in [4.69, 9.17) is 0 Å². The molecule has 1 aromatic rings. The minimum atomic E-state index is 0.0109. The average Bonchev–Trinajstić information content (AvgIpc) is 2.38. The summed E-state index contributed by atoms with van der Waals surface area (Å²) < 4.78 is 0. The number of hydrogen-bond acceptors (Lipinski definition) is 2. The van der Waals surface area contributed by atoms with Gasteiger partial charge in [-0.25, -0.2) is 0 Å². The Balaban J connectivity index is 2.15. The summed E-state index contributed by atoms with van der Waals surface area (Å²) in [5.41, 5.74) is 1.74. The highest BCUT2D eigenvalue weighted by Gasteiger charge is 2.24. The van der Waals surface area contributed by atoms with Gasteiger partial charge in [0.25, 0.3) is 5.91 Å². The molecule has 1 aliphatic heterocycles. The number of hydrogen-bond donors (Lipinski definition) is 0. The van der Waals surface area contributed by atoms with Crippen molar-refractivity contribution in [2.45, 2.75) is 19.8 Å². The van der Waals surface area contributed by atoms with Crippen molar-refractivity contribution in [3.05, 3.63) is 35.4 Å². The van der Waals surface area contributed by atoms with Crippen molar-refractivity contribution in [3.63, 3.8) is 0 Å². The van der Waals surface area contributed by atoms with Gasteiger partial charge in [-0.3, -0.25) is 4.79 Å². The third kappa shape index (κ3) is 2.54. The molecule has 1 fully saturated rings. The van der Waals surface area contributed by atoms with Crippen molar-refractivity contribution in [1.82, 2.24) is 4.90 Å². The number of benzene rings is 1. The van der Waals surface area contributed by atoms with Gasteiger partial charge >= 0.3 is 0 Å². The predicted octanol–water partition coefficient (Wildman–Crippen LogP) is 2.05. The maximum Gasteiger partial charge on any atom is 0.254 e. The van der Waals surface area contributed by atoms with Gasteiger partial charge in [0.2, 0.25) is 0 Å². The third-order valence-electron chi connectivity index (χ3n) is 3.31. The van der Waals surface area contributed by atoms with E-state index in [0.717, 1.165) is 36.8 Å². The number of rotatable bonds is 2. The molecule has 0 bridgehead atoms. The fourth-order valence-corrected chi connectivity index (χ4v) is 2.29. The van der Waals surface area contributed by atoms with Crippen LogP contribution in [0.15, 0.2) is 24.3 Å². The standard InChI is InChI=1S/C14H17NO2/c1-11-5-2-3-7-13(11)14(17)15-8-4-6-12(9-15)10-16/h2-3,5,7,10,12H,4,6,8-9H2,1H3. The normalized spacial score (nSPS) is 20.1. The number of likely N-dealkylation sites (tertiary alicyclic amines) is 1. The first-order valence-electron chi connectivity index (χ1n) is 6.02. The van der Waals surface area contributed by atoms with E-state index in [1.165, 1.54) is 0 Å². The molecular formula is C14H17NO2. The van der Waals surface area contributed by atoms with Gasteiger partial charge in [-0.15, -0.1) is 0 Å². The molecule has 0 N–H and O–H groups in total. The molecule has 1 amide bonds. The Bertz CT molecular complexity index is 428. The molecule has 1 unspecified atom stereocenters. The number of nitrogens with zero attached hydrogens (tertiary/aromatic N) is 1. The second kappa shape index (κ2) is 5.13. The number of carbonyl (C=O) groups excluding carboxylic acids is 2. The SMILES string of the molecule is Cc1ccccc1C(=O)N1CCCC(C=O)C1. The van der Waals surface area contributed by atoms with E-state index in [1.54, 1.807) is 4.90 Å². The summed E-state index contributed by atoms with van der Waals surface area (Å²) in [4.78, 5) is 24.9. The van der Waals surface area contributed by atoms with Crippen LogP contribution in [0.4, 0.5) is 0 Å². The van der Waals surface area contributed by atoms with Crippen LogP contribution in [-0.2, 0) is 4.79 Å². The van der Waals surface area contributed by atoms with E-state index in [-0.39, 0.29) is 11.8 Å². The van der Waals surface area contributed by atoms with Crippen LogP contribution in [0.2, 0.25) is 0 Å². The molecule has 1 aromatic carbocycles. The fourth-order valence-electron chi connectivity index (χ4n) is 2.29. The van der Waals surface area contributed by atoms with Gasteiger partial charge in [-0.05, 0) is 31.4 Å². The zero-order valence-corrected chi connectivity index (χ0v) is 10.1.